The minimum atomic E-state index is 0. The molecule has 0 aliphatic carbocycles. The number of rotatable bonds is 8. The van der Waals surface area contributed by atoms with Crippen LogP contribution in [0.3, 0.4) is 0 Å². The van der Waals surface area contributed by atoms with Gasteiger partial charge in [-0.2, -0.15) is 4.98 Å². The zero-order valence-electron chi connectivity index (χ0n) is 15.8. The molecule has 1 fully saturated rings. The summed E-state index contributed by atoms with van der Waals surface area (Å²) in [6.07, 6.45) is 5.97. The highest BCUT2D eigenvalue weighted by Crippen LogP contribution is 2.18. The van der Waals surface area contributed by atoms with E-state index in [1.54, 1.807) is 0 Å². The van der Waals surface area contributed by atoms with E-state index in [2.05, 4.69) is 39.5 Å². The lowest BCUT2D eigenvalue weighted by atomic mass is 10.0. The lowest BCUT2D eigenvalue weighted by Gasteiger charge is -2.34. The number of hydrogen-bond donors (Lipinski definition) is 2. The van der Waals surface area contributed by atoms with E-state index >= 15 is 0 Å². The van der Waals surface area contributed by atoms with E-state index in [0.29, 0.717) is 18.1 Å². The van der Waals surface area contributed by atoms with Crippen LogP contribution in [-0.4, -0.2) is 59.8 Å². The molecule has 1 aromatic heterocycles. The van der Waals surface area contributed by atoms with Crippen molar-refractivity contribution in [2.75, 3.05) is 32.7 Å². The first kappa shape index (κ1) is 22.1. The molecule has 1 unspecified atom stereocenters. The van der Waals surface area contributed by atoms with E-state index in [9.17, 15) is 0 Å². The van der Waals surface area contributed by atoms with Crippen LogP contribution in [0.15, 0.2) is 9.52 Å². The highest BCUT2D eigenvalue weighted by atomic mass is 127. The number of halogens is 1. The summed E-state index contributed by atoms with van der Waals surface area (Å²) in [6.45, 7) is 10.9. The number of aryl methyl sites for hydroxylation is 1. The summed E-state index contributed by atoms with van der Waals surface area (Å²) >= 11 is 0. The minimum Gasteiger partial charge on any atom is -0.357 e. The van der Waals surface area contributed by atoms with Gasteiger partial charge in [-0.1, -0.05) is 18.5 Å². The maximum Gasteiger partial charge on any atom is 0.228 e. The van der Waals surface area contributed by atoms with E-state index in [1.807, 2.05) is 6.92 Å². The van der Waals surface area contributed by atoms with Gasteiger partial charge in [0.2, 0.25) is 5.89 Å². The highest BCUT2D eigenvalue weighted by Gasteiger charge is 2.19. The normalized spacial score (nSPS) is 18.7. The molecule has 2 rings (SSSR count). The highest BCUT2D eigenvalue weighted by molar-refractivity contribution is 14.0. The molecule has 25 heavy (non-hydrogen) atoms. The Morgan fingerprint density at radius 2 is 2.16 bits per heavy atom. The van der Waals surface area contributed by atoms with Gasteiger partial charge in [0.25, 0.3) is 0 Å². The first-order valence-electron chi connectivity index (χ1n) is 9.28. The molecule has 1 aromatic rings. The Hall–Kier alpha value is -0.900. The van der Waals surface area contributed by atoms with Crippen LogP contribution in [0.5, 0.6) is 0 Å². The van der Waals surface area contributed by atoms with Crippen LogP contribution < -0.4 is 10.6 Å². The number of aliphatic imine (C=N–C) groups is 1. The number of likely N-dealkylation sites (tertiary alicyclic amines) is 1. The van der Waals surface area contributed by atoms with Gasteiger partial charge in [0.05, 0.1) is 6.54 Å². The van der Waals surface area contributed by atoms with Crippen LogP contribution >= 0.6 is 24.0 Å². The molecule has 0 spiro atoms. The van der Waals surface area contributed by atoms with E-state index in [1.165, 1.54) is 32.2 Å². The number of piperidine rings is 1. The number of hydrogen-bond acceptors (Lipinski definition) is 5. The smallest absolute Gasteiger partial charge is 0.228 e. The van der Waals surface area contributed by atoms with Gasteiger partial charge in [-0.25, -0.2) is 0 Å². The van der Waals surface area contributed by atoms with Gasteiger partial charge in [-0.3, -0.25) is 9.89 Å². The molecule has 2 N–H and O–H groups in total. The number of nitrogens with one attached hydrogen (secondary N) is 2. The van der Waals surface area contributed by atoms with Crippen molar-refractivity contribution < 1.29 is 4.52 Å². The molecular formula is C17H33IN6O. The van der Waals surface area contributed by atoms with Crippen molar-refractivity contribution in [1.29, 1.82) is 0 Å². The third-order valence-corrected chi connectivity index (χ3v) is 4.42. The van der Waals surface area contributed by atoms with Crippen molar-refractivity contribution in [3.63, 3.8) is 0 Å². The van der Waals surface area contributed by atoms with Gasteiger partial charge in [-0.15, -0.1) is 24.0 Å². The molecule has 1 atom stereocenters. The maximum absolute atomic E-state index is 5.12. The Morgan fingerprint density at radius 3 is 2.84 bits per heavy atom. The van der Waals surface area contributed by atoms with Crippen molar-refractivity contribution in [3.05, 3.63) is 11.7 Å². The summed E-state index contributed by atoms with van der Waals surface area (Å²) in [7, 11) is 0. The molecule has 0 saturated carbocycles. The molecule has 1 aliphatic rings. The summed E-state index contributed by atoms with van der Waals surface area (Å²) in [4.78, 5) is 11.5. The fourth-order valence-electron chi connectivity index (χ4n) is 3.18. The van der Waals surface area contributed by atoms with Crippen LogP contribution in [0.4, 0.5) is 0 Å². The molecule has 7 nitrogen and oxygen atoms in total. The maximum atomic E-state index is 5.12. The molecule has 8 heteroatoms. The van der Waals surface area contributed by atoms with E-state index < -0.39 is 0 Å². The van der Waals surface area contributed by atoms with Gasteiger partial charge in [-0.05, 0) is 39.7 Å². The van der Waals surface area contributed by atoms with E-state index in [0.717, 1.165) is 38.2 Å². The van der Waals surface area contributed by atoms with Gasteiger partial charge in [0.1, 0.15) is 0 Å². The van der Waals surface area contributed by atoms with Crippen LogP contribution in [-0.2, 0) is 6.42 Å². The van der Waals surface area contributed by atoms with Crippen molar-refractivity contribution in [2.45, 2.75) is 58.9 Å². The zero-order chi connectivity index (χ0) is 17.2. The number of nitrogens with zero attached hydrogens (tertiary/aromatic N) is 4. The quantitative estimate of drug-likeness (QED) is 0.350. The summed E-state index contributed by atoms with van der Waals surface area (Å²) in [5.74, 6) is 2.20. The van der Waals surface area contributed by atoms with Crippen LogP contribution in [0.1, 0.15) is 51.2 Å². The summed E-state index contributed by atoms with van der Waals surface area (Å²) in [5, 5.41) is 10.4. The average Bonchev–Trinajstić information content (AvgIpc) is 3.00. The van der Waals surface area contributed by atoms with E-state index in [4.69, 9.17) is 9.52 Å². The second-order valence-electron chi connectivity index (χ2n) is 6.27. The number of guanidine groups is 1. The van der Waals surface area contributed by atoms with Gasteiger partial charge in [0.15, 0.2) is 11.8 Å². The third kappa shape index (κ3) is 7.89. The van der Waals surface area contributed by atoms with Gasteiger partial charge < -0.3 is 15.2 Å². The van der Waals surface area contributed by atoms with Crippen LogP contribution in [0.25, 0.3) is 0 Å². The Morgan fingerprint density at radius 1 is 1.32 bits per heavy atom. The second kappa shape index (κ2) is 12.5. The number of aromatic nitrogens is 2. The Balaban J connectivity index is 0.00000312. The fraction of sp³-hybridized carbons (Fsp3) is 0.824. The van der Waals surface area contributed by atoms with Gasteiger partial charge in [0, 0.05) is 32.1 Å². The van der Waals surface area contributed by atoms with Crippen molar-refractivity contribution in [2.24, 2.45) is 4.99 Å². The Bertz CT molecular complexity index is 507. The minimum absolute atomic E-state index is 0. The lowest BCUT2D eigenvalue weighted by Crippen LogP contribution is -2.42. The fourth-order valence-corrected chi connectivity index (χ4v) is 3.18. The van der Waals surface area contributed by atoms with Crippen LogP contribution in [0, 0.1) is 6.92 Å². The predicted octanol–water partition coefficient (Wildman–Crippen LogP) is 2.36. The summed E-state index contributed by atoms with van der Waals surface area (Å²) < 4.78 is 5.12. The first-order chi connectivity index (χ1) is 11.7. The summed E-state index contributed by atoms with van der Waals surface area (Å²) in [6, 6.07) is 0.741. The molecular weight excluding hydrogens is 431 g/mol. The van der Waals surface area contributed by atoms with Crippen molar-refractivity contribution in [1.82, 2.24) is 25.7 Å². The topological polar surface area (TPSA) is 78.6 Å². The largest absolute Gasteiger partial charge is 0.357 e. The van der Waals surface area contributed by atoms with Crippen molar-refractivity contribution in [3.8, 4) is 0 Å². The second-order valence-corrected chi connectivity index (χ2v) is 6.27. The predicted molar refractivity (Wildman–Crippen MR) is 112 cm³/mol. The summed E-state index contributed by atoms with van der Waals surface area (Å²) in [5.41, 5.74) is 0. The monoisotopic (exact) mass is 464 g/mol. The molecule has 1 aliphatic heterocycles. The first-order valence-corrected chi connectivity index (χ1v) is 9.28. The lowest BCUT2D eigenvalue weighted by molar-refractivity contribution is 0.148. The molecule has 1 saturated heterocycles. The average molecular weight is 464 g/mol. The Kier molecular flexibility index (Phi) is 11.0. The third-order valence-electron chi connectivity index (χ3n) is 4.42. The van der Waals surface area contributed by atoms with Crippen molar-refractivity contribution >= 4 is 29.9 Å². The zero-order valence-corrected chi connectivity index (χ0v) is 18.1. The molecule has 0 bridgehead atoms. The van der Waals surface area contributed by atoms with Crippen LogP contribution in [0.2, 0.25) is 0 Å². The molecule has 144 valence electrons. The molecule has 2 heterocycles. The molecule has 0 radical (unpaired) electrons. The SMILES string of the molecule is CCNC(=NCCN1CCCCC1CC)NCCc1nc(C)no1.I. The standard InChI is InChI=1S/C17H32N6O.HI/c1-4-15-8-6-7-12-23(15)13-11-20-17(18-5-2)19-10-9-16-21-14(3)22-24-16;/h15H,4-13H2,1-3H3,(H2,18,19,20);1H. The Labute approximate surface area is 168 Å². The molecule has 0 aromatic carbocycles. The van der Waals surface area contributed by atoms with E-state index in [-0.39, 0.29) is 24.0 Å². The molecule has 0 amide bonds. The van der Waals surface area contributed by atoms with Gasteiger partial charge >= 0.3 is 0 Å².